The molecule has 1 atom stereocenters. The summed E-state index contributed by atoms with van der Waals surface area (Å²) in [7, 11) is 2.09. The minimum Gasteiger partial charge on any atom is -0.322 e. The molecule has 7 nitrogen and oxygen atoms in total. The Hall–Kier alpha value is -3.03. The molecule has 0 aliphatic carbocycles. The van der Waals surface area contributed by atoms with Gasteiger partial charge in [-0.2, -0.15) is 0 Å². The molecule has 2 N–H and O–H groups in total. The first-order chi connectivity index (χ1) is 15.0. The van der Waals surface area contributed by atoms with Crippen LogP contribution in [0.2, 0.25) is 0 Å². The lowest BCUT2D eigenvalue weighted by Crippen LogP contribution is -2.52. The summed E-state index contributed by atoms with van der Waals surface area (Å²) in [4.78, 5) is 40.7. The van der Waals surface area contributed by atoms with Crippen LogP contribution in [0.4, 0.5) is 0 Å². The first-order valence-electron chi connectivity index (χ1n) is 10.8. The zero-order valence-electron chi connectivity index (χ0n) is 17.6. The van der Waals surface area contributed by atoms with E-state index < -0.39 is 6.04 Å². The molecule has 5 rings (SSSR count). The Morgan fingerprint density at radius 3 is 2.52 bits per heavy atom. The number of nitrogens with zero attached hydrogens (tertiary/aromatic N) is 2. The number of benzene rings is 2. The first-order valence-corrected chi connectivity index (χ1v) is 10.8. The maximum absolute atomic E-state index is 13.0. The van der Waals surface area contributed by atoms with E-state index in [-0.39, 0.29) is 24.1 Å². The van der Waals surface area contributed by atoms with Gasteiger partial charge in [0.2, 0.25) is 11.8 Å². The zero-order valence-corrected chi connectivity index (χ0v) is 17.6. The summed E-state index contributed by atoms with van der Waals surface area (Å²) in [6.45, 7) is 3.80. The lowest BCUT2D eigenvalue weighted by Gasteiger charge is -2.29. The van der Waals surface area contributed by atoms with E-state index in [1.54, 1.807) is 4.90 Å². The lowest BCUT2D eigenvalue weighted by atomic mass is 10.0. The van der Waals surface area contributed by atoms with E-state index in [9.17, 15) is 14.4 Å². The highest BCUT2D eigenvalue weighted by molar-refractivity contribution is 6.05. The number of nitrogens with one attached hydrogen (secondary N) is 2. The highest BCUT2D eigenvalue weighted by atomic mass is 16.2. The molecule has 7 heteroatoms. The number of imide groups is 1. The second kappa shape index (κ2) is 7.90. The summed E-state index contributed by atoms with van der Waals surface area (Å²) in [5, 5.41) is 5.78. The third-order valence-electron chi connectivity index (χ3n) is 6.55. The molecule has 2 aromatic rings. The molecule has 0 spiro atoms. The molecule has 31 heavy (non-hydrogen) atoms. The van der Waals surface area contributed by atoms with Gasteiger partial charge in [0.1, 0.15) is 6.04 Å². The highest BCUT2D eigenvalue weighted by Crippen LogP contribution is 2.30. The second-order valence-electron chi connectivity index (χ2n) is 8.67. The SMILES string of the molecule is CN(Cc1cccc2c1CNC2)Cc1cccc2c1CN(C1CCC(=O)NC1=O)C2=O. The molecule has 1 saturated heterocycles. The van der Waals surface area contributed by atoms with Gasteiger partial charge in [0.15, 0.2) is 0 Å². The summed E-state index contributed by atoms with van der Waals surface area (Å²) >= 11 is 0. The van der Waals surface area contributed by atoms with Gasteiger partial charge in [-0.3, -0.25) is 24.6 Å². The number of amides is 3. The number of piperidine rings is 1. The molecule has 1 fully saturated rings. The minimum atomic E-state index is -0.581. The van der Waals surface area contributed by atoms with Gasteiger partial charge >= 0.3 is 0 Å². The van der Waals surface area contributed by atoms with Gasteiger partial charge < -0.3 is 10.2 Å². The molecule has 0 saturated carbocycles. The maximum Gasteiger partial charge on any atom is 0.255 e. The average Bonchev–Trinajstić information content (AvgIpc) is 3.35. The Kier molecular flexibility index (Phi) is 5.08. The van der Waals surface area contributed by atoms with Crippen LogP contribution in [0.3, 0.4) is 0 Å². The van der Waals surface area contributed by atoms with Crippen LogP contribution >= 0.6 is 0 Å². The molecule has 0 radical (unpaired) electrons. The number of carbonyl (C=O) groups excluding carboxylic acids is 3. The largest absolute Gasteiger partial charge is 0.322 e. The summed E-state index contributed by atoms with van der Waals surface area (Å²) in [5.41, 5.74) is 6.86. The maximum atomic E-state index is 13.0. The third-order valence-corrected chi connectivity index (χ3v) is 6.55. The molecular formula is C24H26N4O3. The molecule has 160 valence electrons. The molecule has 3 heterocycles. The van der Waals surface area contributed by atoms with Crippen LogP contribution in [-0.4, -0.2) is 40.6 Å². The molecule has 1 unspecified atom stereocenters. The lowest BCUT2D eigenvalue weighted by molar-refractivity contribution is -0.136. The molecule has 2 aromatic carbocycles. The minimum absolute atomic E-state index is 0.124. The Morgan fingerprint density at radius 2 is 1.74 bits per heavy atom. The molecule has 0 bridgehead atoms. The van der Waals surface area contributed by atoms with Crippen molar-refractivity contribution < 1.29 is 14.4 Å². The van der Waals surface area contributed by atoms with Gasteiger partial charge in [0.25, 0.3) is 5.91 Å². The molecular weight excluding hydrogens is 392 g/mol. The number of fused-ring (bicyclic) bond motifs is 2. The van der Waals surface area contributed by atoms with E-state index in [1.807, 2.05) is 12.1 Å². The van der Waals surface area contributed by atoms with Crippen molar-refractivity contribution in [1.29, 1.82) is 0 Å². The van der Waals surface area contributed by atoms with E-state index in [4.69, 9.17) is 0 Å². The molecule has 3 aliphatic rings. The van der Waals surface area contributed by atoms with Gasteiger partial charge in [-0.05, 0) is 47.4 Å². The van der Waals surface area contributed by atoms with Crippen LogP contribution in [0.15, 0.2) is 36.4 Å². The van der Waals surface area contributed by atoms with Crippen molar-refractivity contribution in [3.63, 3.8) is 0 Å². The van der Waals surface area contributed by atoms with Crippen molar-refractivity contribution >= 4 is 17.7 Å². The molecule has 3 aliphatic heterocycles. The van der Waals surface area contributed by atoms with Crippen molar-refractivity contribution in [3.8, 4) is 0 Å². The Bertz CT molecular complexity index is 1080. The van der Waals surface area contributed by atoms with Crippen molar-refractivity contribution in [3.05, 3.63) is 69.8 Å². The van der Waals surface area contributed by atoms with E-state index in [2.05, 4.69) is 46.8 Å². The van der Waals surface area contributed by atoms with Crippen LogP contribution in [0, 0.1) is 0 Å². The third kappa shape index (κ3) is 3.64. The summed E-state index contributed by atoms with van der Waals surface area (Å²) in [6, 6.07) is 11.7. The van der Waals surface area contributed by atoms with Gasteiger partial charge in [-0.25, -0.2) is 0 Å². The second-order valence-corrected chi connectivity index (χ2v) is 8.67. The van der Waals surface area contributed by atoms with E-state index in [0.29, 0.717) is 18.5 Å². The quantitative estimate of drug-likeness (QED) is 0.722. The molecule has 0 aromatic heterocycles. The smallest absolute Gasteiger partial charge is 0.255 e. The van der Waals surface area contributed by atoms with Crippen LogP contribution in [-0.2, 0) is 42.3 Å². The normalized spacial score (nSPS) is 20.3. The Labute approximate surface area is 181 Å². The monoisotopic (exact) mass is 418 g/mol. The molecule has 3 amide bonds. The first kappa shape index (κ1) is 19.9. The van der Waals surface area contributed by atoms with Crippen LogP contribution in [0.5, 0.6) is 0 Å². The van der Waals surface area contributed by atoms with E-state index >= 15 is 0 Å². The number of hydrogen-bond donors (Lipinski definition) is 2. The predicted octanol–water partition coefficient (Wildman–Crippen LogP) is 1.68. The van der Waals surface area contributed by atoms with E-state index in [0.717, 1.165) is 37.3 Å². The number of carbonyl (C=O) groups is 3. The van der Waals surface area contributed by atoms with Crippen molar-refractivity contribution in [2.24, 2.45) is 0 Å². The highest BCUT2D eigenvalue weighted by Gasteiger charge is 2.39. The average molecular weight is 418 g/mol. The fourth-order valence-electron chi connectivity index (χ4n) is 4.99. The topological polar surface area (TPSA) is 81.8 Å². The van der Waals surface area contributed by atoms with Crippen LogP contribution in [0.25, 0.3) is 0 Å². The van der Waals surface area contributed by atoms with Gasteiger partial charge in [-0.15, -0.1) is 0 Å². The Balaban J connectivity index is 1.33. The zero-order chi connectivity index (χ0) is 21.5. The summed E-state index contributed by atoms with van der Waals surface area (Å²) < 4.78 is 0. The van der Waals surface area contributed by atoms with Crippen LogP contribution in [0.1, 0.15) is 51.0 Å². The predicted molar refractivity (Wildman–Crippen MR) is 115 cm³/mol. The number of hydrogen-bond acceptors (Lipinski definition) is 5. The van der Waals surface area contributed by atoms with Crippen molar-refractivity contribution in [2.45, 2.75) is 51.6 Å². The van der Waals surface area contributed by atoms with Crippen molar-refractivity contribution in [1.82, 2.24) is 20.4 Å². The van der Waals surface area contributed by atoms with Crippen molar-refractivity contribution in [2.75, 3.05) is 7.05 Å². The van der Waals surface area contributed by atoms with Crippen LogP contribution < -0.4 is 10.6 Å². The van der Waals surface area contributed by atoms with Gasteiger partial charge in [0, 0.05) is 44.7 Å². The fraction of sp³-hybridized carbons (Fsp3) is 0.375. The fourth-order valence-corrected chi connectivity index (χ4v) is 4.99. The Morgan fingerprint density at radius 1 is 1.00 bits per heavy atom. The number of rotatable bonds is 5. The van der Waals surface area contributed by atoms with Gasteiger partial charge in [0.05, 0.1) is 0 Å². The van der Waals surface area contributed by atoms with Gasteiger partial charge in [-0.1, -0.05) is 30.3 Å². The summed E-state index contributed by atoms with van der Waals surface area (Å²) in [6.07, 6.45) is 0.648. The standard InChI is InChI=1S/C24H26N4O3/c1-27(12-16-5-2-4-15-10-25-11-19(15)16)13-17-6-3-7-18-20(17)14-28(24(18)31)21-8-9-22(29)26-23(21)30/h2-7,21,25H,8-14H2,1H3,(H,26,29,30). The summed E-state index contributed by atoms with van der Waals surface area (Å²) in [5.74, 6) is -0.765. The van der Waals surface area contributed by atoms with E-state index in [1.165, 1.54) is 16.7 Å².